The van der Waals surface area contributed by atoms with Crippen LogP contribution in [0.2, 0.25) is 0 Å². The zero-order valence-electron chi connectivity index (χ0n) is 28.2. The number of carbonyl (C=O) groups is 1. The van der Waals surface area contributed by atoms with Crippen molar-refractivity contribution in [3.63, 3.8) is 0 Å². The van der Waals surface area contributed by atoms with Crippen LogP contribution in [0.1, 0.15) is 29.5 Å². The number of hydrogen-bond acceptors (Lipinski definition) is 6. The number of thioether (sulfide) groups is 1. The van der Waals surface area contributed by atoms with Crippen molar-refractivity contribution in [3.8, 4) is 11.1 Å². The number of para-hydroxylation sites is 1. The predicted molar refractivity (Wildman–Crippen MR) is 199 cm³/mol. The molecule has 0 spiro atoms. The summed E-state index contributed by atoms with van der Waals surface area (Å²) < 4.78 is 69.7. The van der Waals surface area contributed by atoms with Crippen molar-refractivity contribution >= 4 is 45.0 Å². The molecule has 13 heteroatoms. The Balaban J connectivity index is 1.18. The molecule has 1 saturated heterocycles. The summed E-state index contributed by atoms with van der Waals surface area (Å²) in [7, 11) is 0. The number of nitrogens with zero attached hydrogens (tertiary/aromatic N) is 4. The second kappa shape index (κ2) is 15.5. The number of aromatic nitrogens is 2. The molecule has 2 aromatic heterocycles. The zero-order chi connectivity index (χ0) is 37.1. The van der Waals surface area contributed by atoms with E-state index in [0.29, 0.717) is 47.4 Å². The van der Waals surface area contributed by atoms with E-state index in [9.17, 15) is 31.5 Å². The fraction of sp³-hybridized carbons (Fsp3) is 0.225. The minimum atomic E-state index is -4.42. The van der Waals surface area contributed by atoms with Crippen LogP contribution in [0.4, 0.5) is 27.1 Å². The molecule has 0 aliphatic carbocycles. The number of piperidine rings is 1. The number of halogens is 5. The quantitative estimate of drug-likeness (QED) is 0.103. The number of pyridine rings is 1. The van der Waals surface area contributed by atoms with Gasteiger partial charge in [-0.25, -0.2) is 13.8 Å². The second-order valence-corrected chi connectivity index (χ2v) is 14.6. The maximum Gasteiger partial charge on any atom is 0.416 e. The van der Waals surface area contributed by atoms with E-state index >= 15 is 0 Å². The lowest BCUT2D eigenvalue weighted by Gasteiger charge is -2.39. The Kier molecular flexibility index (Phi) is 10.7. The van der Waals surface area contributed by atoms with Crippen LogP contribution in [0.5, 0.6) is 0 Å². The Morgan fingerprint density at radius 3 is 2.28 bits per heavy atom. The van der Waals surface area contributed by atoms with Crippen LogP contribution in [0.3, 0.4) is 0 Å². The lowest BCUT2D eigenvalue weighted by atomic mass is 10.00. The minimum absolute atomic E-state index is 0.0414. The highest BCUT2D eigenvalue weighted by Gasteiger charge is 2.31. The number of amides is 1. The summed E-state index contributed by atoms with van der Waals surface area (Å²) in [5, 5.41) is 3.74. The Morgan fingerprint density at radius 2 is 1.60 bits per heavy atom. The smallest absolute Gasteiger partial charge is 0.348 e. The Labute approximate surface area is 310 Å². The third-order valence-corrected chi connectivity index (χ3v) is 11.4. The van der Waals surface area contributed by atoms with Crippen LogP contribution in [-0.2, 0) is 29.8 Å². The van der Waals surface area contributed by atoms with E-state index in [4.69, 9.17) is 0 Å². The Hall–Kier alpha value is -5.01. The number of hydrogen-bond donors (Lipinski definition) is 0. The standard InChI is InChI=1S/C40H33F5N4O2S2/c41-33-6-3-4-29(38(33)42)25-53-37-22-35(50)32-5-1-2-7-34(32)49(37)24-36(51)48(31-16-19-47(20-17-31)39-46-18-21-52-39)23-26-8-10-27(11-9-26)28-12-14-30(15-13-28)40(43,44)45/h1-15,18,21-22,31H,16-17,19-20,23-25H2. The lowest BCUT2D eigenvalue weighted by Crippen LogP contribution is -2.48. The Bertz CT molecular complexity index is 2270. The van der Waals surface area contributed by atoms with Crippen LogP contribution in [0, 0.1) is 11.6 Å². The topological polar surface area (TPSA) is 58.4 Å². The number of benzene rings is 4. The van der Waals surface area contributed by atoms with Gasteiger partial charge in [0, 0.05) is 60.0 Å². The molecule has 0 saturated carbocycles. The van der Waals surface area contributed by atoms with Crippen molar-refractivity contribution in [1.29, 1.82) is 0 Å². The molecule has 272 valence electrons. The van der Waals surface area contributed by atoms with Gasteiger partial charge >= 0.3 is 6.18 Å². The Morgan fingerprint density at radius 1 is 0.906 bits per heavy atom. The third kappa shape index (κ3) is 8.16. The summed E-state index contributed by atoms with van der Waals surface area (Å²) in [5.41, 5.74) is 1.96. The molecule has 6 nitrogen and oxygen atoms in total. The van der Waals surface area contributed by atoms with E-state index in [1.807, 2.05) is 34.5 Å². The average Bonchev–Trinajstić information content (AvgIpc) is 3.71. The predicted octanol–water partition coefficient (Wildman–Crippen LogP) is 9.41. The first-order valence-electron chi connectivity index (χ1n) is 16.9. The molecule has 0 unspecified atom stereocenters. The van der Waals surface area contributed by atoms with E-state index < -0.39 is 23.4 Å². The van der Waals surface area contributed by atoms with Crippen molar-refractivity contribution < 1.29 is 26.7 Å². The van der Waals surface area contributed by atoms with Gasteiger partial charge < -0.3 is 14.4 Å². The van der Waals surface area contributed by atoms with Gasteiger partial charge in [-0.1, -0.05) is 60.7 Å². The molecular weight excluding hydrogens is 728 g/mol. The molecule has 53 heavy (non-hydrogen) atoms. The molecule has 6 aromatic rings. The maximum absolute atomic E-state index is 14.6. The summed E-state index contributed by atoms with van der Waals surface area (Å²) in [6.45, 7) is 1.58. The van der Waals surface area contributed by atoms with Gasteiger partial charge in [-0.15, -0.1) is 23.1 Å². The first kappa shape index (κ1) is 36.4. The van der Waals surface area contributed by atoms with Crippen LogP contribution in [-0.4, -0.2) is 39.5 Å². The molecule has 1 aliphatic rings. The highest BCUT2D eigenvalue weighted by molar-refractivity contribution is 7.98. The summed E-state index contributed by atoms with van der Waals surface area (Å²) >= 11 is 2.72. The highest BCUT2D eigenvalue weighted by atomic mass is 32.2. The van der Waals surface area contributed by atoms with Gasteiger partial charge in [0.1, 0.15) is 6.54 Å². The highest BCUT2D eigenvalue weighted by Crippen LogP contribution is 2.32. The van der Waals surface area contributed by atoms with Crippen molar-refractivity contribution in [2.75, 3.05) is 18.0 Å². The number of carbonyl (C=O) groups excluding carboxylic acids is 1. The van der Waals surface area contributed by atoms with E-state index in [-0.39, 0.29) is 41.8 Å². The van der Waals surface area contributed by atoms with Crippen LogP contribution in [0.15, 0.2) is 118 Å². The lowest BCUT2D eigenvalue weighted by molar-refractivity contribution is -0.137. The van der Waals surface area contributed by atoms with Crippen molar-refractivity contribution in [2.24, 2.45) is 0 Å². The summed E-state index contributed by atoms with van der Waals surface area (Å²) in [6, 6.07) is 24.7. The van der Waals surface area contributed by atoms with Gasteiger partial charge in [0.25, 0.3) is 0 Å². The number of anilines is 1. The third-order valence-electron chi connectivity index (χ3n) is 9.45. The number of alkyl halides is 3. The summed E-state index contributed by atoms with van der Waals surface area (Å²) in [6.07, 6.45) is -1.26. The van der Waals surface area contributed by atoms with Gasteiger partial charge in [0.05, 0.1) is 16.1 Å². The van der Waals surface area contributed by atoms with Gasteiger partial charge in [0.15, 0.2) is 22.2 Å². The molecule has 4 aromatic carbocycles. The summed E-state index contributed by atoms with van der Waals surface area (Å²) in [5.74, 6) is -2.06. The molecular formula is C40H33F5N4O2S2. The largest absolute Gasteiger partial charge is 0.416 e. The molecule has 0 radical (unpaired) electrons. The normalized spacial score (nSPS) is 13.8. The molecule has 3 heterocycles. The van der Waals surface area contributed by atoms with Crippen molar-refractivity contribution in [2.45, 2.75) is 48.9 Å². The van der Waals surface area contributed by atoms with Crippen LogP contribution >= 0.6 is 23.1 Å². The van der Waals surface area contributed by atoms with Crippen LogP contribution in [0.25, 0.3) is 22.0 Å². The first-order chi connectivity index (χ1) is 25.5. The van der Waals surface area contributed by atoms with Gasteiger partial charge in [-0.05, 0) is 59.9 Å². The second-order valence-electron chi connectivity index (χ2n) is 12.8. The SMILES string of the molecule is O=C(Cn1c(SCc2cccc(F)c2F)cc(=O)c2ccccc21)N(Cc1ccc(-c2ccc(C(F)(F)F)cc2)cc1)C1CCN(c2nccs2)CC1. The zero-order valence-corrected chi connectivity index (χ0v) is 29.9. The molecule has 0 N–H and O–H groups in total. The minimum Gasteiger partial charge on any atom is -0.348 e. The monoisotopic (exact) mass is 760 g/mol. The summed E-state index contributed by atoms with van der Waals surface area (Å²) in [4.78, 5) is 36.3. The molecule has 7 rings (SSSR count). The van der Waals surface area contributed by atoms with E-state index in [2.05, 4.69) is 9.88 Å². The maximum atomic E-state index is 14.6. The fourth-order valence-electron chi connectivity index (χ4n) is 6.64. The molecule has 1 aliphatic heterocycles. The molecule has 0 bridgehead atoms. The van der Waals surface area contributed by atoms with E-state index in [0.717, 1.165) is 46.2 Å². The number of thiazole rings is 1. The van der Waals surface area contributed by atoms with Gasteiger partial charge in [-0.3, -0.25) is 9.59 Å². The van der Waals surface area contributed by atoms with Crippen LogP contribution < -0.4 is 10.3 Å². The van der Waals surface area contributed by atoms with E-state index in [1.54, 1.807) is 46.4 Å². The first-order valence-corrected chi connectivity index (χ1v) is 18.8. The van der Waals surface area contributed by atoms with Crippen molar-refractivity contribution in [1.82, 2.24) is 14.5 Å². The average molecular weight is 761 g/mol. The fourth-order valence-corrected chi connectivity index (χ4v) is 8.37. The molecule has 1 amide bonds. The van der Waals surface area contributed by atoms with E-state index in [1.165, 1.54) is 30.3 Å². The molecule has 0 atom stereocenters. The number of fused-ring (bicyclic) bond motifs is 1. The molecule has 1 fully saturated rings. The van der Waals surface area contributed by atoms with Crippen molar-refractivity contribution in [3.05, 3.63) is 147 Å². The number of rotatable bonds is 10. The van der Waals surface area contributed by atoms with Gasteiger partial charge in [0.2, 0.25) is 5.91 Å². The van der Waals surface area contributed by atoms with Gasteiger partial charge in [-0.2, -0.15) is 13.2 Å².